The van der Waals surface area contributed by atoms with Crippen LogP contribution in [0.2, 0.25) is 5.02 Å². The molecule has 3 heteroatoms. The van der Waals surface area contributed by atoms with Crippen molar-refractivity contribution in [1.29, 1.82) is 0 Å². The Morgan fingerprint density at radius 3 is 2.50 bits per heavy atom. The molecule has 0 heterocycles. The molecule has 0 N–H and O–H groups in total. The summed E-state index contributed by atoms with van der Waals surface area (Å²) in [7, 11) is 0. The molecule has 0 fully saturated rings. The maximum atomic E-state index is 6.03. The lowest BCUT2D eigenvalue weighted by Gasteiger charge is -2.16. The van der Waals surface area contributed by atoms with Gasteiger partial charge in [-0.15, -0.1) is 0 Å². The average Bonchev–Trinajstić information content (AvgIpc) is 2.37. The van der Waals surface area contributed by atoms with Gasteiger partial charge in [0, 0.05) is 14.8 Å². The van der Waals surface area contributed by atoms with Crippen molar-refractivity contribution >= 4 is 43.5 Å². The van der Waals surface area contributed by atoms with Crippen LogP contribution in [0.5, 0.6) is 0 Å². The van der Waals surface area contributed by atoms with E-state index in [2.05, 4.69) is 56.1 Å². The summed E-state index contributed by atoms with van der Waals surface area (Å²) in [4.78, 5) is 0. The predicted octanol–water partition coefficient (Wildman–Crippen LogP) is 5.82. The Labute approximate surface area is 130 Å². The largest absolute Gasteiger partial charge is 0.0921 e. The maximum Gasteiger partial charge on any atom is 0.0408 e. The molecule has 94 valence electrons. The van der Waals surface area contributed by atoms with Crippen molar-refractivity contribution in [3.63, 3.8) is 0 Å². The van der Waals surface area contributed by atoms with Crippen LogP contribution in [0.4, 0.5) is 0 Å². The molecular formula is C15H13Br2Cl. The summed E-state index contributed by atoms with van der Waals surface area (Å²) in [5.74, 6) is 0.444. The molecule has 2 aromatic carbocycles. The monoisotopic (exact) mass is 386 g/mol. The summed E-state index contributed by atoms with van der Waals surface area (Å²) >= 11 is 13.3. The van der Waals surface area contributed by atoms with Gasteiger partial charge in [0.2, 0.25) is 0 Å². The Balaban J connectivity index is 2.23. The van der Waals surface area contributed by atoms with Crippen LogP contribution >= 0.6 is 43.5 Å². The second-order valence-electron chi connectivity index (χ2n) is 4.21. The number of hydrogen-bond donors (Lipinski definition) is 0. The van der Waals surface area contributed by atoms with Crippen molar-refractivity contribution in [3.8, 4) is 0 Å². The lowest BCUT2D eigenvalue weighted by atomic mass is 9.94. The summed E-state index contributed by atoms with van der Waals surface area (Å²) in [6.45, 7) is 0. The van der Waals surface area contributed by atoms with Crippen LogP contribution in [0.3, 0.4) is 0 Å². The molecule has 0 bridgehead atoms. The van der Waals surface area contributed by atoms with Gasteiger partial charge < -0.3 is 0 Å². The van der Waals surface area contributed by atoms with Crippen LogP contribution < -0.4 is 0 Å². The topological polar surface area (TPSA) is 0 Å². The van der Waals surface area contributed by atoms with E-state index in [4.69, 9.17) is 11.6 Å². The first kappa shape index (κ1) is 14.1. The van der Waals surface area contributed by atoms with Gasteiger partial charge in [-0.2, -0.15) is 0 Å². The van der Waals surface area contributed by atoms with Crippen molar-refractivity contribution < 1.29 is 0 Å². The Bertz CT molecular complexity index is 525. The van der Waals surface area contributed by atoms with E-state index in [1.54, 1.807) is 0 Å². The second-order valence-corrected chi connectivity index (χ2v) is 6.15. The highest BCUT2D eigenvalue weighted by molar-refractivity contribution is 9.10. The third-order valence-corrected chi connectivity index (χ3v) is 4.64. The molecule has 0 aliphatic carbocycles. The zero-order valence-electron chi connectivity index (χ0n) is 9.74. The Hall–Kier alpha value is -0.310. The van der Waals surface area contributed by atoms with Crippen LogP contribution in [-0.4, -0.2) is 5.33 Å². The van der Waals surface area contributed by atoms with Gasteiger partial charge in [-0.1, -0.05) is 73.8 Å². The Morgan fingerprint density at radius 2 is 1.83 bits per heavy atom. The molecule has 0 amide bonds. The zero-order valence-corrected chi connectivity index (χ0v) is 13.7. The number of hydrogen-bond acceptors (Lipinski definition) is 0. The van der Waals surface area contributed by atoms with Gasteiger partial charge in [0.15, 0.2) is 0 Å². The molecule has 0 saturated carbocycles. The molecule has 1 atom stereocenters. The van der Waals surface area contributed by atoms with Crippen LogP contribution in [0, 0.1) is 0 Å². The number of benzene rings is 2. The summed E-state index contributed by atoms with van der Waals surface area (Å²) in [6, 6.07) is 16.4. The quantitative estimate of drug-likeness (QED) is 0.579. The normalized spacial score (nSPS) is 12.4. The van der Waals surface area contributed by atoms with E-state index < -0.39 is 0 Å². The molecule has 0 radical (unpaired) electrons. The van der Waals surface area contributed by atoms with Gasteiger partial charge in [0.1, 0.15) is 0 Å². The fourth-order valence-corrected chi connectivity index (χ4v) is 3.40. The van der Waals surface area contributed by atoms with Crippen LogP contribution in [-0.2, 0) is 6.42 Å². The molecule has 2 rings (SSSR count). The van der Waals surface area contributed by atoms with Crippen molar-refractivity contribution in [3.05, 3.63) is 69.2 Å². The van der Waals surface area contributed by atoms with Gasteiger partial charge in [-0.3, -0.25) is 0 Å². The van der Waals surface area contributed by atoms with E-state index in [0.29, 0.717) is 5.92 Å². The van der Waals surface area contributed by atoms with E-state index in [9.17, 15) is 0 Å². The van der Waals surface area contributed by atoms with Gasteiger partial charge in [0.05, 0.1) is 0 Å². The number of alkyl halides is 1. The zero-order chi connectivity index (χ0) is 13.0. The van der Waals surface area contributed by atoms with Crippen LogP contribution in [0.15, 0.2) is 53.0 Å². The van der Waals surface area contributed by atoms with Gasteiger partial charge >= 0.3 is 0 Å². The highest BCUT2D eigenvalue weighted by Crippen LogP contribution is 2.29. The van der Waals surface area contributed by atoms with Crippen molar-refractivity contribution in [1.82, 2.24) is 0 Å². The molecule has 1 unspecified atom stereocenters. The van der Waals surface area contributed by atoms with Crippen molar-refractivity contribution in [2.45, 2.75) is 12.3 Å². The van der Waals surface area contributed by atoms with Gasteiger partial charge in [-0.25, -0.2) is 0 Å². The highest BCUT2D eigenvalue weighted by atomic mass is 79.9. The minimum Gasteiger partial charge on any atom is -0.0921 e. The third kappa shape index (κ3) is 3.59. The maximum absolute atomic E-state index is 6.03. The van der Waals surface area contributed by atoms with E-state index in [1.165, 1.54) is 11.1 Å². The molecule has 0 saturated heterocycles. The lowest BCUT2D eigenvalue weighted by molar-refractivity contribution is 0.771. The minimum absolute atomic E-state index is 0.444. The molecule has 0 aliphatic rings. The number of halogens is 3. The van der Waals surface area contributed by atoms with E-state index in [0.717, 1.165) is 21.2 Å². The molecule has 0 aromatic heterocycles. The molecule has 0 spiro atoms. The minimum atomic E-state index is 0.444. The molecule has 0 nitrogen and oxygen atoms in total. The SMILES string of the molecule is Clc1cccc(CC(CBr)c2ccccc2Br)c1. The van der Waals surface area contributed by atoms with Crippen LogP contribution in [0.25, 0.3) is 0 Å². The molecular weight excluding hydrogens is 375 g/mol. The summed E-state index contributed by atoms with van der Waals surface area (Å²) in [5, 5.41) is 1.73. The second kappa shape index (κ2) is 6.74. The first-order valence-corrected chi connectivity index (χ1v) is 8.05. The van der Waals surface area contributed by atoms with Crippen LogP contribution in [0.1, 0.15) is 17.0 Å². The third-order valence-electron chi connectivity index (χ3n) is 2.90. The predicted molar refractivity (Wildman–Crippen MR) is 85.8 cm³/mol. The van der Waals surface area contributed by atoms with Gasteiger partial charge in [-0.05, 0) is 41.7 Å². The first-order valence-electron chi connectivity index (χ1n) is 5.75. The van der Waals surface area contributed by atoms with Gasteiger partial charge in [0.25, 0.3) is 0 Å². The molecule has 18 heavy (non-hydrogen) atoms. The summed E-state index contributed by atoms with van der Waals surface area (Å²) < 4.78 is 1.16. The van der Waals surface area contributed by atoms with Crippen molar-refractivity contribution in [2.75, 3.05) is 5.33 Å². The lowest BCUT2D eigenvalue weighted by Crippen LogP contribution is -2.05. The fraction of sp³-hybridized carbons (Fsp3) is 0.200. The summed E-state index contributed by atoms with van der Waals surface area (Å²) in [5.41, 5.74) is 2.59. The average molecular weight is 389 g/mol. The Morgan fingerprint density at radius 1 is 1.06 bits per heavy atom. The fourth-order valence-electron chi connectivity index (χ4n) is 2.00. The van der Waals surface area contributed by atoms with E-state index in [1.807, 2.05) is 24.3 Å². The Kier molecular flexibility index (Phi) is 5.28. The van der Waals surface area contributed by atoms with Crippen molar-refractivity contribution in [2.24, 2.45) is 0 Å². The number of rotatable bonds is 4. The van der Waals surface area contributed by atoms with E-state index >= 15 is 0 Å². The molecule has 0 aliphatic heterocycles. The standard InChI is InChI=1S/C15H13Br2Cl/c16-10-12(14-6-1-2-7-15(14)17)8-11-4-3-5-13(18)9-11/h1-7,9,12H,8,10H2. The van der Waals surface area contributed by atoms with E-state index in [-0.39, 0.29) is 0 Å². The summed E-state index contributed by atoms with van der Waals surface area (Å²) in [6.07, 6.45) is 0.981. The highest BCUT2D eigenvalue weighted by Gasteiger charge is 2.13. The first-order chi connectivity index (χ1) is 8.70. The molecule has 2 aromatic rings. The smallest absolute Gasteiger partial charge is 0.0408 e.